The molecule has 1 N–H and O–H groups in total. The van der Waals surface area contributed by atoms with Gasteiger partial charge in [0.25, 0.3) is 0 Å². The summed E-state index contributed by atoms with van der Waals surface area (Å²) in [6, 6.07) is 0. The van der Waals surface area contributed by atoms with E-state index in [1.807, 2.05) is 14.0 Å². The molecule has 8 heavy (non-hydrogen) atoms. The van der Waals surface area contributed by atoms with Gasteiger partial charge in [0.2, 0.25) is 0 Å². The normalized spacial score (nSPS) is 17.8. The van der Waals surface area contributed by atoms with E-state index in [2.05, 4.69) is 16.7 Å². The second kappa shape index (κ2) is 1.86. The molecular formula is C5H8N3. The van der Waals surface area contributed by atoms with E-state index in [0.717, 1.165) is 5.71 Å². The van der Waals surface area contributed by atoms with Crippen LogP contribution in [0.25, 0.3) is 0 Å². The summed E-state index contributed by atoms with van der Waals surface area (Å²) < 4.78 is 0. The molecule has 0 spiro atoms. The van der Waals surface area contributed by atoms with Crippen LogP contribution in [0.5, 0.6) is 0 Å². The Balaban J connectivity index is 2.63. The van der Waals surface area contributed by atoms with Crippen molar-refractivity contribution in [3.63, 3.8) is 0 Å². The van der Waals surface area contributed by atoms with E-state index in [1.165, 1.54) is 0 Å². The third-order valence-electron chi connectivity index (χ3n) is 0.815. The molecule has 0 aromatic rings. The fourth-order valence-corrected chi connectivity index (χ4v) is 0.521. The Bertz CT molecular complexity index is 137. The minimum Gasteiger partial charge on any atom is -0.281 e. The summed E-state index contributed by atoms with van der Waals surface area (Å²) in [5, 5.41) is 5.61. The molecule has 1 heterocycles. The maximum atomic E-state index is 4.00. The second-order valence-electron chi connectivity index (χ2n) is 1.67. The third-order valence-corrected chi connectivity index (χ3v) is 0.815. The molecule has 0 unspecified atom stereocenters. The van der Waals surface area contributed by atoms with Gasteiger partial charge < -0.3 is 0 Å². The van der Waals surface area contributed by atoms with Crippen molar-refractivity contribution in [1.29, 1.82) is 0 Å². The Morgan fingerprint density at radius 3 is 3.00 bits per heavy atom. The van der Waals surface area contributed by atoms with Crippen LogP contribution in [0.1, 0.15) is 6.92 Å². The number of hydrogen-bond acceptors (Lipinski definition) is 3. The van der Waals surface area contributed by atoms with Gasteiger partial charge in [0, 0.05) is 7.05 Å². The molecule has 0 aromatic heterocycles. The van der Waals surface area contributed by atoms with Crippen LogP contribution < -0.4 is 5.43 Å². The van der Waals surface area contributed by atoms with Crippen LogP contribution in [0.15, 0.2) is 11.2 Å². The topological polar surface area (TPSA) is 27.6 Å². The lowest BCUT2D eigenvalue weighted by Crippen LogP contribution is -2.28. The molecule has 1 aliphatic rings. The molecule has 1 rings (SSSR count). The summed E-state index contributed by atoms with van der Waals surface area (Å²) in [6.07, 6.45) is 4.60. The molecule has 3 heteroatoms. The number of hydrogen-bond donors (Lipinski definition) is 1. The highest BCUT2D eigenvalue weighted by Gasteiger charge is 1.93. The van der Waals surface area contributed by atoms with Gasteiger partial charge in [0.05, 0.1) is 11.9 Å². The highest BCUT2D eigenvalue weighted by atomic mass is 15.7. The van der Waals surface area contributed by atoms with E-state index in [9.17, 15) is 0 Å². The van der Waals surface area contributed by atoms with E-state index in [4.69, 9.17) is 0 Å². The van der Waals surface area contributed by atoms with Gasteiger partial charge in [-0.1, -0.05) is 0 Å². The van der Waals surface area contributed by atoms with Gasteiger partial charge in [-0.05, 0) is 13.0 Å². The average Bonchev–Trinajstić information content (AvgIpc) is 1.64. The second-order valence-corrected chi connectivity index (χ2v) is 1.67. The van der Waals surface area contributed by atoms with E-state index in [-0.39, 0.29) is 0 Å². The van der Waals surface area contributed by atoms with Gasteiger partial charge >= 0.3 is 0 Å². The molecule has 0 aliphatic carbocycles. The van der Waals surface area contributed by atoms with Gasteiger partial charge in [0.15, 0.2) is 0 Å². The van der Waals surface area contributed by atoms with Crippen molar-refractivity contribution in [2.24, 2.45) is 5.10 Å². The van der Waals surface area contributed by atoms with Crippen molar-refractivity contribution < 1.29 is 0 Å². The predicted octanol–water partition coefficient (Wildman–Crippen LogP) is 0.129. The summed E-state index contributed by atoms with van der Waals surface area (Å²) >= 11 is 0. The molecule has 1 radical (unpaired) electrons. The van der Waals surface area contributed by atoms with Crippen molar-refractivity contribution in [2.75, 3.05) is 7.05 Å². The minimum absolute atomic E-state index is 0.964. The predicted molar refractivity (Wildman–Crippen MR) is 31.8 cm³/mol. The van der Waals surface area contributed by atoms with E-state index in [1.54, 1.807) is 11.2 Å². The van der Waals surface area contributed by atoms with Crippen molar-refractivity contribution in [1.82, 2.24) is 10.5 Å². The number of nitrogens with zero attached hydrogens (tertiary/aromatic N) is 2. The van der Waals surface area contributed by atoms with Gasteiger partial charge in [-0.15, -0.1) is 0 Å². The Kier molecular flexibility index (Phi) is 1.20. The smallest absolute Gasteiger partial charge is 0.0827 e. The van der Waals surface area contributed by atoms with E-state index >= 15 is 0 Å². The first-order chi connectivity index (χ1) is 3.79. The summed E-state index contributed by atoms with van der Waals surface area (Å²) in [5.41, 5.74) is 3.72. The van der Waals surface area contributed by atoms with Crippen LogP contribution in [0.3, 0.4) is 0 Å². The monoisotopic (exact) mass is 110 g/mol. The van der Waals surface area contributed by atoms with Crippen LogP contribution in [-0.4, -0.2) is 17.9 Å². The number of hydrazine groups is 1. The van der Waals surface area contributed by atoms with Gasteiger partial charge in [-0.2, -0.15) is 5.10 Å². The first kappa shape index (κ1) is 5.15. The Hall–Kier alpha value is -0.990. The zero-order valence-corrected chi connectivity index (χ0v) is 4.97. The highest BCUT2D eigenvalue weighted by molar-refractivity contribution is 5.92. The van der Waals surface area contributed by atoms with Gasteiger partial charge in [0.1, 0.15) is 0 Å². The molecule has 0 fully saturated rings. The molecule has 0 saturated heterocycles. The van der Waals surface area contributed by atoms with Crippen LogP contribution in [0.2, 0.25) is 0 Å². The van der Waals surface area contributed by atoms with E-state index < -0.39 is 0 Å². The fourth-order valence-electron chi connectivity index (χ4n) is 0.521. The van der Waals surface area contributed by atoms with Crippen molar-refractivity contribution >= 4 is 5.71 Å². The fraction of sp³-hybridized carbons (Fsp3) is 0.400. The summed E-state index contributed by atoms with van der Waals surface area (Å²) in [5.74, 6) is 0. The molecule has 0 aromatic carbocycles. The zero-order chi connectivity index (χ0) is 5.98. The molecule has 0 amide bonds. The van der Waals surface area contributed by atoms with Crippen LogP contribution >= 0.6 is 0 Å². The lowest BCUT2D eigenvalue weighted by molar-refractivity contribution is 0.281. The Morgan fingerprint density at radius 2 is 2.62 bits per heavy atom. The van der Waals surface area contributed by atoms with E-state index in [0.29, 0.717) is 0 Å². The van der Waals surface area contributed by atoms with Gasteiger partial charge in [-0.3, -0.25) is 5.43 Å². The quantitative estimate of drug-likeness (QED) is 0.480. The third kappa shape index (κ3) is 0.992. The Labute approximate surface area is 48.6 Å². The standard InChI is InChI=1S/C5H8N3/c1-5-3-4-6-8(2)7-5/h3,6H,1-2H3. The first-order valence-electron chi connectivity index (χ1n) is 2.42. The molecule has 0 atom stereocenters. The van der Waals surface area contributed by atoms with Crippen molar-refractivity contribution in [3.05, 3.63) is 12.3 Å². The first-order valence-corrected chi connectivity index (χ1v) is 2.42. The molecule has 0 saturated carbocycles. The van der Waals surface area contributed by atoms with Crippen LogP contribution in [0.4, 0.5) is 0 Å². The highest BCUT2D eigenvalue weighted by Crippen LogP contribution is 1.87. The molecule has 1 aliphatic heterocycles. The summed E-state index contributed by atoms with van der Waals surface area (Å²) in [7, 11) is 1.82. The number of nitrogens with one attached hydrogen (secondary N) is 1. The average molecular weight is 110 g/mol. The lowest BCUT2D eigenvalue weighted by atomic mass is 10.4. The van der Waals surface area contributed by atoms with Crippen LogP contribution in [-0.2, 0) is 0 Å². The number of rotatable bonds is 0. The number of hydrazone groups is 1. The van der Waals surface area contributed by atoms with Crippen LogP contribution in [0, 0.1) is 6.20 Å². The maximum absolute atomic E-state index is 4.00. The largest absolute Gasteiger partial charge is 0.281 e. The maximum Gasteiger partial charge on any atom is 0.0827 e. The van der Waals surface area contributed by atoms with Gasteiger partial charge in [-0.25, -0.2) is 5.12 Å². The Morgan fingerprint density at radius 1 is 1.88 bits per heavy atom. The molecule has 43 valence electrons. The zero-order valence-electron chi connectivity index (χ0n) is 4.97. The van der Waals surface area contributed by atoms with Crippen molar-refractivity contribution in [3.8, 4) is 0 Å². The molecule has 0 bridgehead atoms. The molecular weight excluding hydrogens is 102 g/mol. The number of allylic oxidation sites excluding steroid dienone is 1. The minimum atomic E-state index is 0.964. The summed E-state index contributed by atoms with van der Waals surface area (Å²) in [4.78, 5) is 0. The van der Waals surface area contributed by atoms with Crippen molar-refractivity contribution in [2.45, 2.75) is 6.92 Å². The molecule has 3 nitrogen and oxygen atoms in total. The lowest BCUT2D eigenvalue weighted by Gasteiger charge is -2.15. The SMILES string of the molecule is CC1=NN(C)N[C]=C1. The summed E-state index contributed by atoms with van der Waals surface area (Å²) in [6.45, 7) is 1.92.